The molecule has 2 aromatic rings. The fourth-order valence-corrected chi connectivity index (χ4v) is 2.36. The molecule has 2 rings (SSSR count). The molecule has 0 atom stereocenters. The van der Waals surface area contributed by atoms with Crippen LogP contribution in [-0.2, 0) is 14.2 Å². The number of ether oxygens (including phenoxy) is 3. The van der Waals surface area contributed by atoms with Crippen molar-refractivity contribution >= 4 is 11.9 Å². The minimum atomic E-state index is -0.290. The molecule has 0 aliphatic carbocycles. The molecule has 0 aliphatic heterocycles. The number of hydrogen-bond donors (Lipinski definition) is 0. The summed E-state index contributed by atoms with van der Waals surface area (Å²) in [6.45, 7) is 2.05. The SMILES string of the molecule is O=C(OCCCCOCCCCOC(=O)c1ccccc1)c1ccccc1. The Bertz CT molecular complexity index is 610. The van der Waals surface area contributed by atoms with Gasteiger partial charge in [-0.1, -0.05) is 36.4 Å². The van der Waals surface area contributed by atoms with E-state index in [4.69, 9.17) is 14.2 Å². The summed E-state index contributed by atoms with van der Waals surface area (Å²) < 4.78 is 15.9. The average molecular weight is 370 g/mol. The molecular weight excluding hydrogens is 344 g/mol. The van der Waals surface area contributed by atoms with Crippen LogP contribution in [0.15, 0.2) is 60.7 Å². The van der Waals surface area contributed by atoms with Crippen LogP contribution >= 0.6 is 0 Å². The van der Waals surface area contributed by atoms with E-state index < -0.39 is 0 Å². The maximum absolute atomic E-state index is 11.7. The van der Waals surface area contributed by atoms with Crippen LogP contribution in [-0.4, -0.2) is 38.4 Å². The predicted octanol–water partition coefficient (Wildman–Crippen LogP) is 4.28. The zero-order valence-corrected chi connectivity index (χ0v) is 15.5. The Morgan fingerprint density at radius 3 is 1.33 bits per heavy atom. The van der Waals surface area contributed by atoms with E-state index in [0.29, 0.717) is 37.6 Å². The van der Waals surface area contributed by atoms with Crippen molar-refractivity contribution in [3.05, 3.63) is 71.8 Å². The molecule has 144 valence electrons. The first-order valence-electron chi connectivity index (χ1n) is 9.29. The van der Waals surface area contributed by atoms with Gasteiger partial charge in [0.25, 0.3) is 0 Å². The fraction of sp³-hybridized carbons (Fsp3) is 0.364. The van der Waals surface area contributed by atoms with E-state index >= 15 is 0 Å². The van der Waals surface area contributed by atoms with Crippen LogP contribution in [0.5, 0.6) is 0 Å². The van der Waals surface area contributed by atoms with E-state index in [0.717, 1.165) is 25.7 Å². The summed E-state index contributed by atoms with van der Waals surface area (Å²) in [4.78, 5) is 23.5. The summed E-state index contributed by atoms with van der Waals surface area (Å²) in [5.74, 6) is -0.580. The summed E-state index contributed by atoms with van der Waals surface area (Å²) in [5.41, 5.74) is 1.14. The lowest BCUT2D eigenvalue weighted by Crippen LogP contribution is -2.08. The van der Waals surface area contributed by atoms with Gasteiger partial charge >= 0.3 is 11.9 Å². The summed E-state index contributed by atoms with van der Waals surface area (Å²) in [7, 11) is 0. The molecule has 0 saturated carbocycles. The quantitative estimate of drug-likeness (QED) is 0.412. The predicted molar refractivity (Wildman–Crippen MR) is 103 cm³/mol. The topological polar surface area (TPSA) is 61.8 Å². The Hall–Kier alpha value is -2.66. The van der Waals surface area contributed by atoms with Gasteiger partial charge in [-0.2, -0.15) is 0 Å². The molecule has 5 nitrogen and oxygen atoms in total. The first kappa shape index (κ1) is 20.6. The van der Waals surface area contributed by atoms with Crippen LogP contribution in [0.25, 0.3) is 0 Å². The van der Waals surface area contributed by atoms with Gasteiger partial charge in [0.05, 0.1) is 24.3 Å². The first-order valence-corrected chi connectivity index (χ1v) is 9.29. The van der Waals surface area contributed by atoms with Gasteiger partial charge in [-0.3, -0.25) is 0 Å². The van der Waals surface area contributed by atoms with Crippen molar-refractivity contribution in [2.24, 2.45) is 0 Å². The molecule has 0 spiro atoms. The molecule has 0 bridgehead atoms. The van der Waals surface area contributed by atoms with E-state index in [9.17, 15) is 9.59 Å². The van der Waals surface area contributed by atoms with Gasteiger partial charge in [-0.25, -0.2) is 9.59 Å². The number of benzene rings is 2. The van der Waals surface area contributed by atoms with Crippen LogP contribution in [0, 0.1) is 0 Å². The van der Waals surface area contributed by atoms with E-state index in [1.165, 1.54) is 0 Å². The third-order valence-electron chi connectivity index (χ3n) is 3.85. The Balaban J connectivity index is 1.39. The molecule has 0 saturated heterocycles. The van der Waals surface area contributed by atoms with Gasteiger partial charge in [0.2, 0.25) is 0 Å². The van der Waals surface area contributed by atoms with Crippen molar-refractivity contribution in [1.82, 2.24) is 0 Å². The molecule has 0 N–H and O–H groups in total. The Kier molecular flexibility index (Phi) is 9.68. The first-order chi connectivity index (χ1) is 13.3. The van der Waals surface area contributed by atoms with Gasteiger partial charge in [0, 0.05) is 13.2 Å². The minimum Gasteiger partial charge on any atom is -0.462 e. The molecule has 5 heteroatoms. The second-order valence-electron chi connectivity index (χ2n) is 6.03. The minimum absolute atomic E-state index is 0.290. The molecule has 0 fully saturated rings. The zero-order chi connectivity index (χ0) is 19.2. The second kappa shape index (κ2) is 12.7. The number of carbonyl (C=O) groups is 2. The highest BCUT2D eigenvalue weighted by molar-refractivity contribution is 5.89. The summed E-state index contributed by atoms with van der Waals surface area (Å²) >= 11 is 0. The highest BCUT2D eigenvalue weighted by atomic mass is 16.5. The van der Waals surface area contributed by atoms with E-state index in [-0.39, 0.29) is 11.9 Å². The maximum Gasteiger partial charge on any atom is 0.338 e. The number of hydrogen-bond acceptors (Lipinski definition) is 5. The van der Waals surface area contributed by atoms with Gasteiger partial charge in [-0.05, 0) is 49.9 Å². The molecule has 2 aromatic carbocycles. The molecule has 0 aromatic heterocycles. The molecular formula is C22H26O5. The highest BCUT2D eigenvalue weighted by Crippen LogP contribution is 2.04. The van der Waals surface area contributed by atoms with Crippen molar-refractivity contribution in [2.45, 2.75) is 25.7 Å². The summed E-state index contributed by atoms with van der Waals surface area (Å²) in [6, 6.07) is 17.9. The third kappa shape index (κ3) is 8.51. The summed E-state index contributed by atoms with van der Waals surface area (Å²) in [6.07, 6.45) is 3.22. The number of unbranched alkanes of at least 4 members (excludes halogenated alkanes) is 2. The van der Waals surface area contributed by atoms with Crippen molar-refractivity contribution in [2.75, 3.05) is 26.4 Å². The summed E-state index contributed by atoms with van der Waals surface area (Å²) in [5, 5.41) is 0. The third-order valence-corrected chi connectivity index (χ3v) is 3.85. The lowest BCUT2D eigenvalue weighted by molar-refractivity contribution is 0.0472. The number of carbonyl (C=O) groups excluding carboxylic acids is 2. The van der Waals surface area contributed by atoms with Crippen molar-refractivity contribution < 1.29 is 23.8 Å². The zero-order valence-electron chi connectivity index (χ0n) is 15.5. The van der Waals surface area contributed by atoms with Crippen molar-refractivity contribution in [3.63, 3.8) is 0 Å². The lowest BCUT2D eigenvalue weighted by atomic mass is 10.2. The van der Waals surface area contributed by atoms with Gasteiger partial charge in [-0.15, -0.1) is 0 Å². The number of esters is 2. The van der Waals surface area contributed by atoms with Crippen molar-refractivity contribution in [1.29, 1.82) is 0 Å². The molecule has 0 heterocycles. The van der Waals surface area contributed by atoms with Crippen LogP contribution in [0.4, 0.5) is 0 Å². The van der Waals surface area contributed by atoms with Crippen LogP contribution in [0.3, 0.4) is 0 Å². The monoisotopic (exact) mass is 370 g/mol. The Morgan fingerprint density at radius 1 is 0.556 bits per heavy atom. The smallest absolute Gasteiger partial charge is 0.338 e. The van der Waals surface area contributed by atoms with Gasteiger partial charge in [0.1, 0.15) is 0 Å². The largest absolute Gasteiger partial charge is 0.462 e. The van der Waals surface area contributed by atoms with Crippen molar-refractivity contribution in [3.8, 4) is 0 Å². The van der Waals surface area contributed by atoms with Gasteiger partial charge in [0.15, 0.2) is 0 Å². The molecule has 27 heavy (non-hydrogen) atoms. The standard InChI is InChI=1S/C22H26O5/c23-21(19-11-3-1-4-12-19)26-17-9-7-15-25-16-8-10-18-27-22(24)20-13-5-2-6-14-20/h1-6,11-14H,7-10,15-18H2. The van der Waals surface area contributed by atoms with E-state index in [1.807, 2.05) is 36.4 Å². The molecule has 0 amide bonds. The van der Waals surface area contributed by atoms with E-state index in [2.05, 4.69) is 0 Å². The van der Waals surface area contributed by atoms with Gasteiger partial charge < -0.3 is 14.2 Å². The van der Waals surface area contributed by atoms with Crippen LogP contribution in [0.2, 0.25) is 0 Å². The average Bonchev–Trinajstić information content (AvgIpc) is 2.73. The maximum atomic E-state index is 11.7. The molecule has 0 aliphatic rings. The normalized spacial score (nSPS) is 10.4. The molecule has 0 unspecified atom stereocenters. The van der Waals surface area contributed by atoms with E-state index in [1.54, 1.807) is 24.3 Å². The Morgan fingerprint density at radius 2 is 0.926 bits per heavy atom. The fourth-order valence-electron chi connectivity index (χ4n) is 2.36. The lowest BCUT2D eigenvalue weighted by Gasteiger charge is -2.07. The highest BCUT2D eigenvalue weighted by Gasteiger charge is 2.06. The Labute approximate surface area is 160 Å². The second-order valence-corrected chi connectivity index (χ2v) is 6.03. The molecule has 0 radical (unpaired) electrons. The van der Waals surface area contributed by atoms with Crippen LogP contribution < -0.4 is 0 Å². The number of rotatable bonds is 12. The van der Waals surface area contributed by atoms with Crippen LogP contribution in [0.1, 0.15) is 46.4 Å².